The van der Waals surface area contributed by atoms with E-state index in [-0.39, 0.29) is 16.6 Å². The van der Waals surface area contributed by atoms with Crippen LogP contribution in [0.4, 0.5) is 5.69 Å². The molecule has 2 aliphatic carbocycles. The topological polar surface area (TPSA) is 99.1 Å². The van der Waals surface area contributed by atoms with E-state index in [1.165, 1.54) is 27.8 Å². The minimum atomic E-state index is -4.04. The van der Waals surface area contributed by atoms with Crippen molar-refractivity contribution in [2.75, 3.05) is 23.0 Å². The van der Waals surface area contributed by atoms with Crippen molar-refractivity contribution in [1.82, 2.24) is 0 Å². The van der Waals surface area contributed by atoms with Crippen LogP contribution < -0.4 is 10.2 Å². The Morgan fingerprint density at radius 2 is 1.70 bits per heavy atom. The van der Waals surface area contributed by atoms with Crippen LogP contribution in [0.25, 0.3) is 5.57 Å². The van der Waals surface area contributed by atoms with Crippen molar-refractivity contribution in [2.24, 2.45) is 0 Å². The quantitative estimate of drug-likeness (QED) is 0.0732. The van der Waals surface area contributed by atoms with Gasteiger partial charge in [-0.05, 0) is 89.7 Å². The van der Waals surface area contributed by atoms with Gasteiger partial charge in [-0.2, -0.15) is 12.8 Å². The fourth-order valence-electron chi connectivity index (χ4n) is 7.26. The molecule has 0 unspecified atom stereocenters. The summed E-state index contributed by atoms with van der Waals surface area (Å²) >= 11 is 8.15. The van der Waals surface area contributed by atoms with Crippen LogP contribution in [0.1, 0.15) is 82.9 Å². The fraction of sp³-hybridized carbons (Fsp3) is 0.405. The first-order chi connectivity index (χ1) is 22.4. The first kappa shape index (κ1) is 35.7. The molecule has 0 amide bonds. The highest BCUT2D eigenvalue weighted by Crippen LogP contribution is 2.50. The van der Waals surface area contributed by atoms with E-state index in [1.807, 2.05) is 12.1 Å². The Kier molecular flexibility index (Phi) is 11.3. The number of hydrogen-bond acceptors (Lipinski definition) is 7. The lowest BCUT2D eigenvalue weighted by atomic mass is 9.80. The Balaban J connectivity index is 1.44. The van der Waals surface area contributed by atoms with Crippen molar-refractivity contribution < 1.29 is 27.6 Å². The Morgan fingerprint density at radius 3 is 2.45 bits per heavy atom. The highest BCUT2D eigenvalue weighted by molar-refractivity contribution is 7.94. The summed E-state index contributed by atoms with van der Waals surface area (Å²) in [6.45, 7) is 9.36. The largest absolute Gasteiger partial charge is 0.691 e. The lowest BCUT2D eigenvalue weighted by Crippen LogP contribution is -2.28. The Labute approximate surface area is 288 Å². The van der Waals surface area contributed by atoms with E-state index in [2.05, 4.69) is 103 Å². The molecule has 5 rings (SSSR count). The van der Waals surface area contributed by atoms with Gasteiger partial charge in [0.2, 0.25) is 0 Å². The number of rotatable bonds is 13. The van der Waals surface area contributed by atoms with Crippen LogP contribution >= 0.6 is 23.6 Å². The predicted molar refractivity (Wildman–Crippen MR) is 190 cm³/mol. The Hall–Kier alpha value is -2.63. The summed E-state index contributed by atoms with van der Waals surface area (Å²) in [6, 6.07) is 16.8. The summed E-state index contributed by atoms with van der Waals surface area (Å²) in [6.07, 6.45) is 13.4. The molecular formula is C37H43ClNO6S2-. The SMILES string of the molecule is CC1(C)C(/C=C/C2=C(Cl)C(=C/C=C3\N(CCCS(=O)(=O)O)c4ccccc4C3(C)C)CCC2)=C(CCCSOO[O-])c2ccccc21. The summed E-state index contributed by atoms with van der Waals surface area (Å²) in [7, 11) is -4.04. The van der Waals surface area contributed by atoms with Gasteiger partial charge in [-0.3, -0.25) is 9.59 Å². The van der Waals surface area contributed by atoms with E-state index in [4.69, 9.17) is 11.6 Å². The average Bonchev–Trinajstić information content (AvgIpc) is 3.38. The van der Waals surface area contributed by atoms with Gasteiger partial charge >= 0.3 is 0 Å². The molecule has 252 valence electrons. The number of halogens is 1. The number of hydrogen-bond donors (Lipinski definition) is 1. The molecule has 3 aliphatic rings. The Bertz CT molecular complexity index is 1750. The van der Waals surface area contributed by atoms with Crippen molar-refractivity contribution >= 4 is 45.0 Å². The van der Waals surface area contributed by atoms with Gasteiger partial charge in [-0.25, -0.2) is 0 Å². The molecule has 0 bridgehead atoms. The number of fused-ring (bicyclic) bond motifs is 2. The van der Waals surface area contributed by atoms with Crippen molar-refractivity contribution in [3.63, 3.8) is 0 Å². The highest BCUT2D eigenvalue weighted by Gasteiger charge is 2.39. The van der Waals surface area contributed by atoms with E-state index in [1.54, 1.807) is 0 Å². The lowest BCUT2D eigenvalue weighted by Gasteiger charge is -2.27. The van der Waals surface area contributed by atoms with E-state index < -0.39 is 10.1 Å². The van der Waals surface area contributed by atoms with Crippen molar-refractivity contribution in [1.29, 1.82) is 0 Å². The molecular weight excluding hydrogens is 654 g/mol. The average molecular weight is 697 g/mol. The molecule has 0 saturated carbocycles. The van der Waals surface area contributed by atoms with Gasteiger partial charge in [0, 0.05) is 51.6 Å². The van der Waals surface area contributed by atoms with Crippen molar-refractivity contribution in [3.05, 3.63) is 117 Å². The van der Waals surface area contributed by atoms with Gasteiger partial charge in [0.05, 0.1) is 5.75 Å². The number of para-hydroxylation sites is 1. The van der Waals surface area contributed by atoms with Crippen LogP contribution in [0.2, 0.25) is 0 Å². The third-order valence-electron chi connectivity index (χ3n) is 9.59. The molecule has 0 aromatic heterocycles. The van der Waals surface area contributed by atoms with Gasteiger partial charge in [0.15, 0.2) is 0 Å². The van der Waals surface area contributed by atoms with Crippen molar-refractivity contribution in [3.8, 4) is 0 Å². The molecule has 0 atom stereocenters. The van der Waals surface area contributed by atoms with Gasteiger partial charge < -0.3 is 10.2 Å². The van der Waals surface area contributed by atoms with Crippen LogP contribution in [0, 0.1) is 0 Å². The minimum Gasteiger partial charge on any atom is -0.691 e. The monoisotopic (exact) mass is 696 g/mol. The molecule has 0 spiro atoms. The van der Waals surface area contributed by atoms with Crippen LogP contribution in [0.15, 0.2) is 100 Å². The molecule has 0 saturated heterocycles. The molecule has 0 radical (unpaired) electrons. The number of benzene rings is 2. The maximum absolute atomic E-state index is 11.5. The molecule has 2 aromatic rings. The molecule has 10 heteroatoms. The summed E-state index contributed by atoms with van der Waals surface area (Å²) in [5.41, 5.74) is 10.2. The van der Waals surface area contributed by atoms with Crippen molar-refractivity contribution in [2.45, 2.75) is 77.0 Å². The third kappa shape index (κ3) is 7.83. The van der Waals surface area contributed by atoms with Gasteiger partial charge in [-0.15, -0.1) is 0 Å². The zero-order valence-electron chi connectivity index (χ0n) is 27.4. The summed E-state index contributed by atoms with van der Waals surface area (Å²) in [5.74, 6) is 0.361. The number of anilines is 1. The van der Waals surface area contributed by atoms with Crippen LogP contribution in [-0.2, 0) is 30.3 Å². The normalized spacial score (nSPS) is 20.6. The molecule has 7 nitrogen and oxygen atoms in total. The van der Waals surface area contributed by atoms with Crippen LogP contribution in [0.3, 0.4) is 0 Å². The minimum absolute atomic E-state index is 0.170. The molecule has 2 aromatic carbocycles. The van der Waals surface area contributed by atoms with E-state index in [9.17, 15) is 18.2 Å². The predicted octanol–water partition coefficient (Wildman–Crippen LogP) is 8.50. The molecule has 0 fully saturated rings. The maximum atomic E-state index is 11.5. The summed E-state index contributed by atoms with van der Waals surface area (Å²) in [5, 5.41) is 14.4. The van der Waals surface area contributed by atoms with Crippen LogP contribution in [0.5, 0.6) is 0 Å². The zero-order valence-corrected chi connectivity index (χ0v) is 29.8. The molecule has 47 heavy (non-hydrogen) atoms. The molecule has 1 heterocycles. The first-order valence-electron chi connectivity index (χ1n) is 16.1. The standard InChI is InChI=1S/C37H44ClNO6S2/c1-36(2)30-16-6-5-14-28(30)29(15-10-24-46-45-44-40)31(36)21-19-26-12-9-13-27(35(26)38)20-22-34-37(3,4)32-17-7-8-18-33(32)39(34)23-11-25-47(41,42)43/h5-8,14,16-22,40H,9-13,15,23-25H2,1-4H3,(H,41,42,43)/p-1/b21-19+,27-20?,34-22-. The van der Waals surface area contributed by atoms with E-state index in [0.29, 0.717) is 18.7 Å². The molecule has 1 N–H and O–H groups in total. The van der Waals surface area contributed by atoms with Gasteiger partial charge in [0.1, 0.15) is 0 Å². The smallest absolute Gasteiger partial charge is 0.264 e. The summed E-state index contributed by atoms with van der Waals surface area (Å²) in [4.78, 5) is 2.17. The second-order valence-corrected chi connectivity index (χ2v) is 16.1. The highest BCUT2D eigenvalue weighted by atomic mass is 35.5. The lowest BCUT2D eigenvalue weighted by molar-refractivity contribution is -0.777. The van der Waals surface area contributed by atoms with Gasteiger partial charge in [0.25, 0.3) is 10.1 Å². The molecule has 1 aliphatic heterocycles. The third-order valence-corrected chi connectivity index (χ3v) is 11.5. The summed E-state index contributed by atoms with van der Waals surface area (Å²) < 4.78 is 36.7. The van der Waals surface area contributed by atoms with E-state index >= 15 is 0 Å². The second kappa shape index (κ2) is 14.9. The van der Waals surface area contributed by atoms with Crippen LogP contribution in [-0.4, -0.2) is 31.0 Å². The maximum Gasteiger partial charge on any atom is 0.264 e. The van der Waals surface area contributed by atoms with E-state index in [0.717, 1.165) is 71.7 Å². The number of allylic oxidation sites excluding steroid dienone is 10. The Morgan fingerprint density at radius 1 is 0.979 bits per heavy atom. The fourth-order valence-corrected chi connectivity index (χ4v) is 8.44. The first-order valence-corrected chi connectivity index (χ1v) is 19.0. The zero-order chi connectivity index (χ0) is 33.8. The van der Waals surface area contributed by atoms with Gasteiger partial charge in [-0.1, -0.05) is 100.0 Å². The number of nitrogens with zero attached hydrogens (tertiary/aromatic N) is 1. The second-order valence-electron chi connectivity index (χ2n) is 13.3.